The number of H-pyrrole nitrogens is 1. The molecule has 0 saturated carbocycles. The molecule has 1 amide bonds. The normalized spacial score (nSPS) is 14.6. The first kappa shape index (κ1) is 12.3. The van der Waals surface area contributed by atoms with Gasteiger partial charge < -0.3 is 10.3 Å². The van der Waals surface area contributed by atoms with Crippen LogP contribution in [-0.4, -0.2) is 34.0 Å². The van der Waals surface area contributed by atoms with Crippen molar-refractivity contribution in [3.63, 3.8) is 0 Å². The Balaban J connectivity index is 1.67. The molecule has 3 N–H and O–H groups in total. The zero-order valence-electron chi connectivity index (χ0n) is 10.6. The van der Waals surface area contributed by atoms with Crippen molar-refractivity contribution in [1.82, 2.24) is 20.7 Å². The van der Waals surface area contributed by atoms with Gasteiger partial charge in [0.1, 0.15) is 12.4 Å². The Morgan fingerprint density at radius 1 is 1.30 bits per heavy atom. The largest absolute Gasteiger partial charge is 0.335 e. The molecule has 2 heterocycles. The highest BCUT2D eigenvalue weighted by atomic mass is 16.2. The van der Waals surface area contributed by atoms with Crippen LogP contribution in [-0.2, 0) is 4.79 Å². The summed E-state index contributed by atoms with van der Waals surface area (Å²) < 4.78 is 0. The number of ketones is 1. The van der Waals surface area contributed by atoms with Gasteiger partial charge in [0, 0.05) is 12.8 Å². The number of carbonyl (C=O) groups excluding carboxylic acids is 2. The van der Waals surface area contributed by atoms with Crippen LogP contribution >= 0.6 is 0 Å². The van der Waals surface area contributed by atoms with Gasteiger partial charge in [0.15, 0.2) is 11.6 Å². The molecule has 7 heteroatoms. The maximum Gasteiger partial charge on any atom is 0.246 e. The lowest BCUT2D eigenvalue weighted by Crippen LogP contribution is -2.42. The molecule has 20 heavy (non-hydrogen) atoms. The van der Waals surface area contributed by atoms with E-state index in [4.69, 9.17) is 0 Å². The maximum absolute atomic E-state index is 12.1. The lowest BCUT2D eigenvalue weighted by molar-refractivity contribution is -0.119. The number of nitrogens with one attached hydrogen (secondary N) is 3. The summed E-state index contributed by atoms with van der Waals surface area (Å²) in [7, 11) is 0. The molecule has 0 fully saturated rings. The Morgan fingerprint density at radius 3 is 2.95 bits per heavy atom. The SMILES string of the molecule is O=C1CNN=C(CCC(=O)c2nc3ccccc3[nH]2)N1. The van der Waals surface area contributed by atoms with Crippen LogP contribution in [0, 0.1) is 0 Å². The number of aromatic nitrogens is 2. The Hall–Kier alpha value is -2.70. The number of para-hydroxylation sites is 2. The number of benzene rings is 1. The predicted octanol–water partition coefficient (Wildman–Crippen LogP) is 0.559. The molecule has 0 saturated heterocycles. The highest BCUT2D eigenvalue weighted by molar-refractivity contribution is 6.03. The Bertz CT molecular complexity index is 671. The van der Waals surface area contributed by atoms with Gasteiger partial charge in [-0.1, -0.05) is 12.1 Å². The number of hydrazone groups is 1. The van der Waals surface area contributed by atoms with Crippen molar-refractivity contribution in [2.45, 2.75) is 12.8 Å². The number of rotatable bonds is 4. The van der Waals surface area contributed by atoms with Crippen LogP contribution in [0.5, 0.6) is 0 Å². The number of Topliss-reactive ketones (excluding diaryl/α,β-unsaturated/α-hetero) is 1. The fraction of sp³-hybridized carbons (Fsp3) is 0.231. The second-order valence-corrected chi connectivity index (χ2v) is 4.47. The molecule has 1 aliphatic rings. The zero-order chi connectivity index (χ0) is 13.9. The number of amidine groups is 1. The lowest BCUT2D eigenvalue weighted by Gasteiger charge is -2.13. The quantitative estimate of drug-likeness (QED) is 0.707. The van der Waals surface area contributed by atoms with Gasteiger partial charge in [0.25, 0.3) is 0 Å². The van der Waals surface area contributed by atoms with Crippen molar-refractivity contribution < 1.29 is 9.59 Å². The van der Waals surface area contributed by atoms with E-state index in [2.05, 4.69) is 25.8 Å². The fourth-order valence-corrected chi connectivity index (χ4v) is 1.99. The summed E-state index contributed by atoms with van der Waals surface area (Å²) in [6.45, 7) is 0.168. The molecule has 102 valence electrons. The third-order valence-electron chi connectivity index (χ3n) is 2.98. The molecule has 0 spiro atoms. The zero-order valence-corrected chi connectivity index (χ0v) is 10.6. The number of hydrogen-bond donors (Lipinski definition) is 3. The summed E-state index contributed by atoms with van der Waals surface area (Å²) in [6, 6.07) is 7.47. The Labute approximate surface area is 114 Å². The minimum atomic E-state index is -0.147. The van der Waals surface area contributed by atoms with Crippen LogP contribution in [0.15, 0.2) is 29.4 Å². The summed E-state index contributed by atoms with van der Waals surface area (Å²) in [5, 5.41) is 6.56. The number of hydrogen-bond acceptors (Lipinski definition) is 5. The smallest absolute Gasteiger partial charge is 0.246 e. The van der Waals surface area contributed by atoms with Crippen LogP contribution < -0.4 is 10.7 Å². The molecule has 0 atom stereocenters. The van der Waals surface area contributed by atoms with Crippen molar-refractivity contribution in [3.8, 4) is 0 Å². The molecule has 1 aliphatic heterocycles. The molecule has 2 aromatic rings. The number of carbonyl (C=O) groups is 2. The van der Waals surface area contributed by atoms with Gasteiger partial charge in [-0.3, -0.25) is 15.0 Å². The van der Waals surface area contributed by atoms with Crippen LogP contribution in [0.25, 0.3) is 11.0 Å². The number of aromatic amines is 1. The lowest BCUT2D eigenvalue weighted by atomic mass is 10.2. The number of amides is 1. The van der Waals surface area contributed by atoms with Crippen molar-refractivity contribution >= 4 is 28.6 Å². The molecule has 1 aromatic heterocycles. The number of nitrogens with zero attached hydrogens (tertiary/aromatic N) is 2. The molecule has 0 radical (unpaired) electrons. The Kier molecular flexibility index (Phi) is 3.16. The summed E-state index contributed by atoms with van der Waals surface area (Å²) in [6.07, 6.45) is 0.606. The minimum Gasteiger partial charge on any atom is -0.335 e. The second-order valence-electron chi connectivity index (χ2n) is 4.47. The summed E-state index contributed by atoms with van der Waals surface area (Å²) in [4.78, 5) is 30.4. The van der Waals surface area contributed by atoms with Gasteiger partial charge in [-0.05, 0) is 12.1 Å². The molecular weight excluding hydrogens is 258 g/mol. The van der Waals surface area contributed by atoms with E-state index in [1.54, 1.807) is 0 Å². The molecule has 7 nitrogen and oxygen atoms in total. The average molecular weight is 271 g/mol. The topological polar surface area (TPSA) is 99.2 Å². The van der Waals surface area contributed by atoms with Gasteiger partial charge in [-0.15, -0.1) is 0 Å². The molecule has 0 unspecified atom stereocenters. The maximum atomic E-state index is 12.1. The number of imidazole rings is 1. The van der Waals surface area contributed by atoms with E-state index in [0.29, 0.717) is 18.1 Å². The van der Waals surface area contributed by atoms with Crippen LogP contribution in [0.3, 0.4) is 0 Å². The molecule has 0 aliphatic carbocycles. The highest BCUT2D eigenvalue weighted by Gasteiger charge is 2.15. The van der Waals surface area contributed by atoms with Gasteiger partial charge in [-0.2, -0.15) is 5.10 Å². The molecule has 1 aromatic carbocycles. The fourth-order valence-electron chi connectivity index (χ4n) is 1.99. The monoisotopic (exact) mass is 271 g/mol. The van der Waals surface area contributed by atoms with Crippen LogP contribution in [0.2, 0.25) is 0 Å². The van der Waals surface area contributed by atoms with Gasteiger partial charge in [-0.25, -0.2) is 4.98 Å². The minimum absolute atomic E-state index is 0.108. The van der Waals surface area contributed by atoms with Crippen molar-refractivity contribution in [1.29, 1.82) is 0 Å². The summed E-state index contributed by atoms with van der Waals surface area (Å²) in [5.74, 6) is 0.558. The third kappa shape index (κ3) is 2.51. The van der Waals surface area contributed by atoms with E-state index in [-0.39, 0.29) is 24.7 Å². The summed E-state index contributed by atoms with van der Waals surface area (Å²) in [5.41, 5.74) is 4.21. The first-order chi connectivity index (χ1) is 9.72. The van der Waals surface area contributed by atoms with Gasteiger partial charge in [0.05, 0.1) is 11.0 Å². The third-order valence-corrected chi connectivity index (χ3v) is 2.98. The highest BCUT2D eigenvalue weighted by Crippen LogP contribution is 2.12. The van der Waals surface area contributed by atoms with E-state index >= 15 is 0 Å². The van der Waals surface area contributed by atoms with E-state index in [1.165, 1.54) is 0 Å². The average Bonchev–Trinajstić information content (AvgIpc) is 2.89. The van der Waals surface area contributed by atoms with Crippen LogP contribution in [0.1, 0.15) is 23.5 Å². The Morgan fingerprint density at radius 2 is 2.15 bits per heavy atom. The van der Waals surface area contributed by atoms with Crippen molar-refractivity contribution in [2.75, 3.05) is 6.54 Å². The molecule has 0 bridgehead atoms. The van der Waals surface area contributed by atoms with Crippen LogP contribution in [0.4, 0.5) is 0 Å². The number of fused-ring (bicyclic) bond motifs is 1. The van der Waals surface area contributed by atoms with E-state index in [0.717, 1.165) is 11.0 Å². The predicted molar refractivity (Wildman–Crippen MR) is 73.2 cm³/mol. The molecular formula is C13H13N5O2. The first-order valence-electron chi connectivity index (χ1n) is 6.29. The first-order valence-corrected chi connectivity index (χ1v) is 6.29. The standard InChI is InChI=1S/C13H13N5O2/c19-10(5-6-11-17-12(20)7-14-18-11)13-15-8-3-1-2-4-9(8)16-13/h1-4,14H,5-7H2,(H,15,16)(H,17,18,20). The van der Waals surface area contributed by atoms with Crippen molar-refractivity contribution in [2.24, 2.45) is 5.10 Å². The summed E-state index contributed by atoms with van der Waals surface area (Å²) >= 11 is 0. The van der Waals surface area contributed by atoms with Crippen molar-refractivity contribution in [3.05, 3.63) is 30.1 Å². The van der Waals surface area contributed by atoms with E-state index in [1.807, 2.05) is 24.3 Å². The van der Waals surface area contributed by atoms with E-state index in [9.17, 15) is 9.59 Å². The van der Waals surface area contributed by atoms with Gasteiger partial charge >= 0.3 is 0 Å². The molecule has 3 rings (SSSR count). The van der Waals surface area contributed by atoms with Gasteiger partial charge in [0.2, 0.25) is 5.91 Å². The second kappa shape index (κ2) is 5.12. The van der Waals surface area contributed by atoms with E-state index < -0.39 is 0 Å².